The molecule has 2 N–H and O–H groups in total. The summed E-state index contributed by atoms with van der Waals surface area (Å²) in [6.07, 6.45) is -0.873. The lowest BCUT2D eigenvalue weighted by atomic mass is 9.98. The summed E-state index contributed by atoms with van der Waals surface area (Å²) < 4.78 is 14.1. The number of benzene rings is 2. The summed E-state index contributed by atoms with van der Waals surface area (Å²) in [6.45, 7) is 10.8. The number of alkyl halides is 1. The minimum Gasteiger partial charge on any atom is -0.367 e. The van der Waals surface area contributed by atoms with Gasteiger partial charge in [0.2, 0.25) is 0 Å². The zero-order chi connectivity index (χ0) is 21.3. The number of hydrogen-bond donors (Lipinski definition) is 2. The molecule has 158 valence electrons. The van der Waals surface area contributed by atoms with Gasteiger partial charge in [0.25, 0.3) is 0 Å². The van der Waals surface area contributed by atoms with Crippen molar-refractivity contribution in [3.8, 4) is 0 Å². The fraction of sp³-hybridized carbons (Fsp3) is 0.417. The van der Waals surface area contributed by atoms with Crippen molar-refractivity contribution >= 4 is 22.3 Å². The van der Waals surface area contributed by atoms with Gasteiger partial charge in [0.05, 0.1) is 18.3 Å². The molecule has 6 heteroatoms. The van der Waals surface area contributed by atoms with Gasteiger partial charge in [-0.2, -0.15) is 5.10 Å². The molecule has 1 fully saturated rings. The fourth-order valence-corrected chi connectivity index (χ4v) is 4.21. The largest absolute Gasteiger partial charge is 0.367 e. The lowest BCUT2D eigenvalue weighted by molar-refractivity contribution is 0.337. The fourth-order valence-electron chi connectivity index (χ4n) is 4.21. The first-order chi connectivity index (χ1) is 14.4. The predicted molar refractivity (Wildman–Crippen MR) is 122 cm³/mol. The Morgan fingerprint density at radius 3 is 2.80 bits per heavy atom. The summed E-state index contributed by atoms with van der Waals surface area (Å²) in [5, 5.41) is 17.7. The molecule has 30 heavy (non-hydrogen) atoms. The molecule has 0 saturated carbocycles. The van der Waals surface area contributed by atoms with E-state index in [9.17, 15) is 4.39 Å². The number of aromatic nitrogens is 2. The molecule has 1 saturated heterocycles. The van der Waals surface area contributed by atoms with Gasteiger partial charge in [-0.1, -0.05) is 24.3 Å². The van der Waals surface area contributed by atoms with E-state index in [1.54, 1.807) is 0 Å². The molecule has 0 amide bonds. The van der Waals surface area contributed by atoms with Crippen LogP contribution in [-0.2, 0) is 0 Å². The zero-order valence-corrected chi connectivity index (χ0v) is 18.2. The van der Waals surface area contributed by atoms with Crippen molar-refractivity contribution in [1.29, 1.82) is 0 Å². The number of nitrogens with one attached hydrogen (secondary N) is 2. The quantitative estimate of drug-likeness (QED) is 0.668. The van der Waals surface area contributed by atoms with Gasteiger partial charge in [-0.15, -0.1) is 5.10 Å². The van der Waals surface area contributed by atoms with Gasteiger partial charge < -0.3 is 15.5 Å². The summed E-state index contributed by atoms with van der Waals surface area (Å²) in [4.78, 5) is 2.11. The number of hydrogen-bond acceptors (Lipinski definition) is 5. The van der Waals surface area contributed by atoms with Crippen LogP contribution in [0.15, 0.2) is 36.4 Å². The van der Waals surface area contributed by atoms with E-state index in [1.165, 1.54) is 16.7 Å². The molecule has 3 aromatic rings. The Bertz CT molecular complexity index is 1050. The predicted octanol–water partition coefficient (Wildman–Crippen LogP) is 4.48. The highest BCUT2D eigenvalue weighted by atomic mass is 19.1. The molecule has 2 aromatic carbocycles. The lowest BCUT2D eigenvalue weighted by Crippen LogP contribution is -2.30. The van der Waals surface area contributed by atoms with Gasteiger partial charge in [0.1, 0.15) is 6.17 Å². The molecule has 5 nitrogen and oxygen atoms in total. The number of halogens is 1. The Morgan fingerprint density at radius 2 is 1.97 bits per heavy atom. The maximum atomic E-state index is 14.1. The number of nitrogens with zero attached hydrogens (tertiary/aromatic N) is 3. The highest BCUT2D eigenvalue weighted by Gasteiger charge is 2.19. The van der Waals surface area contributed by atoms with Crippen LogP contribution in [0, 0.1) is 20.8 Å². The smallest absolute Gasteiger partial charge is 0.157 e. The van der Waals surface area contributed by atoms with Crippen molar-refractivity contribution in [2.75, 3.05) is 36.4 Å². The maximum absolute atomic E-state index is 14.1. The summed E-state index contributed by atoms with van der Waals surface area (Å²) in [7, 11) is 0. The van der Waals surface area contributed by atoms with Crippen molar-refractivity contribution < 1.29 is 4.39 Å². The first-order valence-corrected chi connectivity index (χ1v) is 10.6. The summed E-state index contributed by atoms with van der Waals surface area (Å²) >= 11 is 0. The van der Waals surface area contributed by atoms with E-state index in [-0.39, 0.29) is 6.04 Å². The van der Waals surface area contributed by atoms with Gasteiger partial charge >= 0.3 is 0 Å². The van der Waals surface area contributed by atoms with E-state index >= 15 is 0 Å². The molecule has 4 rings (SSSR count). The van der Waals surface area contributed by atoms with Crippen LogP contribution in [0.4, 0.5) is 15.9 Å². The first-order valence-electron chi connectivity index (χ1n) is 10.6. The monoisotopic (exact) mass is 407 g/mol. The molecule has 0 unspecified atom stereocenters. The Labute approximate surface area is 177 Å². The van der Waals surface area contributed by atoms with Gasteiger partial charge in [0, 0.05) is 36.1 Å². The van der Waals surface area contributed by atoms with E-state index in [2.05, 4.69) is 82.9 Å². The van der Waals surface area contributed by atoms with Crippen molar-refractivity contribution in [3.05, 3.63) is 58.8 Å². The Morgan fingerprint density at radius 1 is 1.13 bits per heavy atom. The molecule has 2 atom stereocenters. The third-order valence-corrected chi connectivity index (χ3v) is 6.12. The molecule has 1 aliphatic heterocycles. The average Bonchev–Trinajstić information content (AvgIpc) is 2.96. The summed E-state index contributed by atoms with van der Waals surface area (Å²) in [5.41, 5.74) is 5.72. The SMILES string of the molecule is Cc1cccc([C@@H](C)Nc2nnc(C)c3ccc(N4CCNC[C@@H](F)C4)cc23)c1C. The highest BCUT2D eigenvalue weighted by Crippen LogP contribution is 2.31. The summed E-state index contributed by atoms with van der Waals surface area (Å²) in [6, 6.07) is 12.7. The molecule has 1 aromatic heterocycles. The number of anilines is 2. The molecular formula is C24H30FN5. The Balaban J connectivity index is 1.70. The van der Waals surface area contributed by atoms with Crippen LogP contribution in [0.2, 0.25) is 0 Å². The minimum absolute atomic E-state index is 0.0892. The average molecular weight is 408 g/mol. The van der Waals surface area contributed by atoms with Crippen LogP contribution in [-0.4, -0.2) is 42.5 Å². The molecule has 2 heterocycles. The van der Waals surface area contributed by atoms with E-state index < -0.39 is 6.17 Å². The van der Waals surface area contributed by atoms with Crippen LogP contribution >= 0.6 is 0 Å². The minimum atomic E-state index is -0.873. The van der Waals surface area contributed by atoms with Crippen LogP contribution in [0.3, 0.4) is 0 Å². The summed E-state index contributed by atoms with van der Waals surface area (Å²) in [5.74, 6) is 0.760. The first kappa shape index (κ1) is 20.5. The van der Waals surface area contributed by atoms with Gasteiger partial charge in [-0.05, 0) is 56.5 Å². The van der Waals surface area contributed by atoms with Crippen LogP contribution in [0.25, 0.3) is 10.8 Å². The third-order valence-electron chi connectivity index (χ3n) is 6.12. The van der Waals surface area contributed by atoms with Crippen LogP contribution < -0.4 is 15.5 Å². The molecule has 0 radical (unpaired) electrons. The maximum Gasteiger partial charge on any atom is 0.157 e. The third kappa shape index (κ3) is 4.10. The van der Waals surface area contributed by atoms with Crippen LogP contribution in [0.1, 0.15) is 35.3 Å². The molecule has 0 spiro atoms. The standard InChI is InChI=1S/C24H30FN5/c1-15-6-5-7-21(16(15)2)17(3)27-24-23-12-20(8-9-22(23)18(4)28-29-24)30-11-10-26-13-19(25)14-30/h5-9,12,17,19,26H,10-11,13-14H2,1-4H3,(H,27,29)/t17-,19-/m1/s1. The van der Waals surface area contributed by atoms with E-state index in [0.29, 0.717) is 13.1 Å². The van der Waals surface area contributed by atoms with Crippen molar-refractivity contribution in [2.24, 2.45) is 0 Å². The number of rotatable bonds is 4. The Kier molecular flexibility index (Phi) is 5.86. The van der Waals surface area contributed by atoms with Crippen molar-refractivity contribution in [1.82, 2.24) is 15.5 Å². The van der Waals surface area contributed by atoms with Crippen molar-refractivity contribution in [3.63, 3.8) is 0 Å². The van der Waals surface area contributed by atoms with Gasteiger partial charge in [-0.3, -0.25) is 0 Å². The van der Waals surface area contributed by atoms with E-state index in [0.717, 1.165) is 41.1 Å². The zero-order valence-electron chi connectivity index (χ0n) is 18.2. The normalized spacial score (nSPS) is 18.3. The molecule has 1 aliphatic rings. The second-order valence-electron chi connectivity index (χ2n) is 8.27. The molecular weight excluding hydrogens is 377 g/mol. The van der Waals surface area contributed by atoms with E-state index in [4.69, 9.17) is 0 Å². The topological polar surface area (TPSA) is 53.1 Å². The van der Waals surface area contributed by atoms with Crippen molar-refractivity contribution in [2.45, 2.75) is 39.9 Å². The van der Waals surface area contributed by atoms with Gasteiger partial charge in [0.15, 0.2) is 5.82 Å². The van der Waals surface area contributed by atoms with Crippen LogP contribution in [0.5, 0.6) is 0 Å². The highest BCUT2D eigenvalue weighted by molar-refractivity contribution is 5.95. The second kappa shape index (κ2) is 8.56. The molecule has 0 bridgehead atoms. The Hall–Kier alpha value is -2.73. The molecule has 0 aliphatic carbocycles. The second-order valence-corrected chi connectivity index (χ2v) is 8.27. The number of fused-ring (bicyclic) bond motifs is 1. The van der Waals surface area contributed by atoms with E-state index in [1.807, 2.05) is 6.92 Å². The number of aryl methyl sites for hydroxylation is 2. The van der Waals surface area contributed by atoms with Gasteiger partial charge in [-0.25, -0.2) is 4.39 Å². The lowest BCUT2D eigenvalue weighted by Gasteiger charge is -2.24.